The van der Waals surface area contributed by atoms with Gasteiger partial charge in [0.25, 0.3) is 0 Å². The Morgan fingerprint density at radius 3 is 2.32 bits per heavy atom. The van der Waals surface area contributed by atoms with Gasteiger partial charge in [0.2, 0.25) is 0 Å². The van der Waals surface area contributed by atoms with Gasteiger partial charge in [0.05, 0.1) is 0 Å². The summed E-state index contributed by atoms with van der Waals surface area (Å²) in [5.41, 5.74) is 10.9. The van der Waals surface area contributed by atoms with Crippen LogP contribution in [0.15, 0.2) is 30.3 Å². The van der Waals surface area contributed by atoms with Crippen molar-refractivity contribution in [1.82, 2.24) is 0 Å². The van der Waals surface area contributed by atoms with E-state index in [0.717, 1.165) is 5.56 Å². The van der Waals surface area contributed by atoms with Gasteiger partial charge in [-0.3, -0.25) is 4.79 Å². The van der Waals surface area contributed by atoms with Crippen LogP contribution in [0.3, 0.4) is 0 Å². The fourth-order valence-electron chi connectivity index (χ4n) is 1.34. The van der Waals surface area contributed by atoms with Crippen molar-refractivity contribution in [2.75, 3.05) is 0 Å². The molecular weight excluding hydrogens is 261 g/mol. The van der Waals surface area contributed by atoms with E-state index in [2.05, 4.69) is 0 Å². The minimum absolute atomic E-state index is 0.0331. The zero-order valence-electron chi connectivity index (χ0n) is 10.1. The molecule has 0 fully saturated rings. The highest BCUT2D eigenvalue weighted by Crippen LogP contribution is 2.21. The van der Waals surface area contributed by atoms with Crippen molar-refractivity contribution in [2.45, 2.75) is 31.3 Å². The van der Waals surface area contributed by atoms with Crippen molar-refractivity contribution in [3.05, 3.63) is 35.9 Å². The van der Waals surface area contributed by atoms with Crippen LogP contribution in [0.1, 0.15) is 12.0 Å². The molecule has 0 aliphatic heterocycles. The summed E-state index contributed by atoms with van der Waals surface area (Å²) in [7, 11) is 0. The molecule has 2 atom stereocenters. The summed E-state index contributed by atoms with van der Waals surface area (Å²) < 4.78 is 41.4. The van der Waals surface area contributed by atoms with E-state index in [4.69, 9.17) is 16.2 Å². The molecule has 0 saturated carbocycles. The van der Waals surface area contributed by atoms with Crippen LogP contribution in [0.2, 0.25) is 0 Å². The van der Waals surface area contributed by atoms with E-state index >= 15 is 0 Å². The lowest BCUT2D eigenvalue weighted by atomic mass is 10.1. The van der Waals surface area contributed by atoms with Crippen molar-refractivity contribution in [2.24, 2.45) is 11.5 Å². The Hall–Kier alpha value is -1.60. The molecule has 1 aromatic carbocycles. The molecule has 1 aromatic rings. The molecule has 0 bridgehead atoms. The molecule has 0 amide bonds. The molecular formula is C12H15F3N2O2. The van der Waals surface area contributed by atoms with Gasteiger partial charge in [-0.25, -0.2) is 0 Å². The Kier molecular flexibility index (Phi) is 5.31. The maximum Gasteiger partial charge on any atom is 0.403 e. The fraction of sp³-hybridized carbons (Fsp3) is 0.417. The van der Waals surface area contributed by atoms with Crippen LogP contribution in [0.4, 0.5) is 13.2 Å². The Bertz CT molecular complexity index is 409. The molecule has 2 unspecified atom stereocenters. The number of hydrogen-bond acceptors (Lipinski definition) is 4. The van der Waals surface area contributed by atoms with Crippen molar-refractivity contribution in [3.8, 4) is 0 Å². The lowest BCUT2D eigenvalue weighted by Gasteiger charge is -2.18. The second-order valence-corrected chi connectivity index (χ2v) is 4.08. The summed E-state index contributed by atoms with van der Waals surface area (Å²) in [4.78, 5) is 11.4. The molecule has 4 nitrogen and oxygen atoms in total. The predicted octanol–water partition coefficient (Wildman–Crippen LogP) is 1.34. The van der Waals surface area contributed by atoms with Crippen LogP contribution in [0, 0.1) is 0 Å². The van der Waals surface area contributed by atoms with Crippen LogP contribution < -0.4 is 11.5 Å². The first-order valence-electron chi connectivity index (χ1n) is 5.59. The molecule has 0 aliphatic rings. The zero-order valence-corrected chi connectivity index (χ0v) is 10.1. The van der Waals surface area contributed by atoms with Crippen molar-refractivity contribution in [3.63, 3.8) is 0 Å². The highest BCUT2D eigenvalue weighted by molar-refractivity contribution is 5.75. The molecule has 7 heteroatoms. The number of benzene rings is 1. The summed E-state index contributed by atoms with van der Waals surface area (Å²) in [6.45, 7) is -0.0331. The standard InChI is InChI=1S/C12H15F3N2O2/c13-12(14,15)10(17)6-9(16)11(18)19-7-8-4-2-1-3-5-8/h1-5,9-10H,6-7,16-17H2. The van der Waals surface area contributed by atoms with E-state index in [9.17, 15) is 18.0 Å². The Labute approximate surface area is 108 Å². The molecule has 0 heterocycles. The topological polar surface area (TPSA) is 78.3 Å². The van der Waals surface area contributed by atoms with Gasteiger partial charge in [0.1, 0.15) is 18.7 Å². The Balaban J connectivity index is 2.41. The van der Waals surface area contributed by atoms with Crippen molar-refractivity contribution < 1.29 is 22.7 Å². The smallest absolute Gasteiger partial charge is 0.403 e. The van der Waals surface area contributed by atoms with Crippen LogP contribution in [0.5, 0.6) is 0 Å². The third-order valence-corrected chi connectivity index (χ3v) is 2.45. The lowest BCUT2D eigenvalue weighted by molar-refractivity contribution is -0.156. The van der Waals surface area contributed by atoms with E-state index in [1.807, 2.05) is 0 Å². The first-order valence-corrected chi connectivity index (χ1v) is 5.59. The fourth-order valence-corrected chi connectivity index (χ4v) is 1.34. The van der Waals surface area contributed by atoms with Crippen LogP contribution in [-0.4, -0.2) is 24.2 Å². The highest BCUT2D eigenvalue weighted by atomic mass is 19.4. The molecule has 4 N–H and O–H groups in total. The van der Waals surface area contributed by atoms with Crippen LogP contribution >= 0.6 is 0 Å². The largest absolute Gasteiger partial charge is 0.460 e. The number of esters is 1. The SMILES string of the molecule is NC(CC(N)C(F)(F)F)C(=O)OCc1ccccc1. The van der Waals surface area contributed by atoms with Gasteiger partial charge >= 0.3 is 12.1 Å². The maximum atomic E-state index is 12.2. The maximum absolute atomic E-state index is 12.2. The predicted molar refractivity (Wildman–Crippen MR) is 62.9 cm³/mol. The summed E-state index contributed by atoms with van der Waals surface area (Å²) in [5, 5.41) is 0. The summed E-state index contributed by atoms with van der Waals surface area (Å²) >= 11 is 0. The number of rotatable bonds is 5. The van der Waals surface area contributed by atoms with Crippen LogP contribution in [-0.2, 0) is 16.1 Å². The second-order valence-electron chi connectivity index (χ2n) is 4.08. The number of ether oxygens (including phenoxy) is 1. The van der Waals surface area contributed by atoms with Gasteiger partial charge in [-0.15, -0.1) is 0 Å². The summed E-state index contributed by atoms with van der Waals surface area (Å²) in [5.74, 6) is -0.899. The lowest BCUT2D eigenvalue weighted by Crippen LogP contribution is -2.45. The van der Waals surface area contributed by atoms with Crippen LogP contribution in [0.25, 0.3) is 0 Å². The molecule has 1 rings (SSSR count). The normalized spacial score (nSPS) is 14.8. The monoisotopic (exact) mass is 276 g/mol. The molecule has 0 radical (unpaired) electrons. The van der Waals surface area contributed by atoms with Gasteiger partial charge in [-0.2, -0.15) is 13.2 Å². The van der Waals surface area contributed by atoms with E-state index in [1.54, 1.807) is 30.3 Å². The number of hydrogen-bond donors (Lipinski definition) is 2. The number of halogens is 3. The third kappa shape index (κ3) is 5.27. The minimum Gasteiger partial charge on any atom is -0.460 e. The first kappa shape index (κ1) is 15.5. The van der Waals surface area contributed by atoms with E-state index in [1.165, 1.54) is 0 Å². The first-order chi connectivity index (χ1) is 8.80. The van der Waals surface area contributed by atoms with E-state index in [0.29, 0.717) is 0 Å². The molecule has 0 saturated heterocycles. The third-order valence-electron chi connectivity index (χ3n) is 2.45. The second kappa shape index (κ2) is 6.53. The molecule has 106 valence electrons. The number of carbonyl (C=O) groups excluding carboxylic acids is 1. The summed E-state index contributed by atoms with van der Waals surface area (Å²) in [6, 6.07) is 5.22. The van der Waals surface area contributed by atoms with Gasteiger partial charge in [-0.05, 0) is 12.0 Å². The Morgan fingerprint density at radius 1 is 1.21 bits per heavy atom. The molecule has 0 aromatic heterocycles. The average molecular weight is 276 g/mol. The van der Waals surface area contributed by atoms with Gasteiger partial charge in [0, 0.05) is 0 Å². The number of alkyl halides is 3. The quantitative estimate of drug-likeness (QED) is 0.795. The molecule has 19 heavy (non-hydrogen) atoms. The average Bonchev–Trinajstić information content (AvgIpc) is 2.35. The highest BCUT2D eigenvalue weighted by Gasteiger charge is 2.38. The minimum atomic E-state index is -4.57. The van der Waals surface area contributed by atoms with E-state index < -0.39 is 30.7 Å². The zero-order chi connectivity index (χ0) is 14.5. The van der Waals surface area contributed by atoms with E-state index in [-0.39, 0.29) is 6.61 Å². The van der Waals surface area contributed by atoms with Gasteiger partial charge < -0.3 is 16.2 Å². The molecule has 0 spiro atoms. The molecule has 0 aliphatic carbocycles. The number of carbonyl (C=O) groups is 1. The number of nitrogens with two attached hydrogens (primary N) is 2. The van der Waals surface area contributed by atoms with Gasteiger partial charge in [0.15, 0.2) is 0 Å². The van der Waals surface area contributed by atoms with Crippen molar-refractivity contribution >= 4 is 5.97 Å². The van der Waals surface area contributed by atoms with Gasteiger partial charge in [-0.1, -0.05) is 30.3 Å². The Morgan fingerprint density at radius 2 is 1.79 bits per heavy atom. The summed E-state index contributed by atoms with van der Waals surface area (Å²) in [6.07, 6.45) is -5.27. The van der Waals surface area contributed by atoms with Crippen molar-refractivity contribution in [1.29, 1.82) is 0 Å².